The number of hydrogen-bond acceptors (Lipinski definition) is 9. The van der Waals surface area contributed by atoms with Gasteiger partial charge in [-0.3, -0.25) is 14.2 Å². The van der Waals surface area contributed by atoms with Crippen LogP contribution in [0.1, 0.15) is 72.7 Å². The van der Waals surface area contributed by atoms with Crippen molar-refractivity contribution in [3.05, 3.63) is 202 Å². The summed E-state index contributed by atoms with van der Waals surface area (Å²) in [6.07, 6.45) is 4.95. The van der Waals surface area contributed by atoms with E-state index in [1.165, 1.54) is 7.11 Å². The molecule has 0 aliphatic carbocycles. The van der Waals surface area contributed by atoms with E-state index >= 15 is 0 Å². The summed E-state index contributed by atoms with van der Waals surface area (Å²) >= 11 is 0. The van der Waals surface area contributed by atoms with Crippen molar-refractivity contribution in [1.82, 2.24) is 34.8 Å². The van der Waals surface area contributed by atoms with Crippen LogP contribution in [0.25, 0.3) is 33.4 Å². The molecule has 0 bridgehead atoms. The number of benzene rings is 6. The second kappa shape index (κ2) is 17.2. The second-order valence-electron chi connectivity index (χ2n) is 16.8. The molecule has 0 spiro atoms. The number of fused-ring (bicyclic) bond motifs is 2. The first kappa shape index (κ1) is 41.0. The van der Waals surface area contributed by atoms with Gasteiger partial charge in [0.15, 0.2) is 5.82 Å². The summed E-state index contributed by atoms with van der Waals surface area (Å²) in [6.45, 7) is 3.22. The largest absolute Gasteiger partial charge is 0.467 e. The summed E-state index contributed by atoms with van der Waals surface area (Å²) in [7, 11) is 1.38. The number of unbranched alkanes of at least 4 members (excludes halogenated alkanes) is 1. The molecule has 0 N–H and O–H groups in total. The van der Waals surface area contributed by atoms with E-state index in [2.05, 4.69) is 121 Å². The molecule has 2 atom stereocenters. The van der Waals surface area contributed by atoms with Crippen molar-refractivity contribution in [2.24, 2.45) is 0 Å². The van der Waals surface area contributed by atoms with Gasteiger partial charge in [-0.05, 0) is 80.8 Å². The lowest BCUT2D eigenvalue weighted by atomic mass is 9.77. The lowest BCUT2D eigenvalue weighted by Crippen LogP contribution is -2.39. The molecular weight excluding hydrogens is 799 g/mol. The first-order chi connectivity index (χ1) is 31.4. The average molecular weight is 848 g/mol. The van der Waals surface area contributed by atoms with E-state index in [1.807, 2.05) is 52.2 Å². The average Bonchev–Trinajstić information content (AvgIpc) is 4.11. The van der Waals surface area contributed by atoms with Gasteiger partial charge in [-0.2, -0.15) is 5.06 Å². The Morgan fingerprint density at radius 1 is 0.812 bits per heavy atom. The Morgan fingerprint density at radius 2 is 1.45 bits per heavy atom. The number of aromatic nitrogens is 6. The molecule has 2 aromatic heterocycles. The maximum absolute atomic E-state index is 14.6. The molecule has 0 amide bonds. The molecule has 0 saturated carbocycles. The molecule has 6 aromatic carbocycles. The van der Waals surface area contributed by atoms with Crippen molar-refractivity contribution in [3.63, 3.8) is 0 Å². The molecule has 0 unspecified atom stereocenters. The van der Waals surface area contributed by atoms with E-state index in [0.717, 1.165) is 77.0 Å². The van der Waals surface area contributed by atoms with Crippen LogP contribution in [0, 0.1) is 0 Å². The van der Waals surface area contributed by atoms with Gasteiger partial charge in [0.2, 0.25) is 5.60 Å². The van der Waals surface area contributed by atoms with Crippen molar-refractivity contribution in [1.29, 1.82) is 0 Å². The van der Waals surface area contributed by atoms with Crippen molar-refractivity contribution in [3.8, 4) is 22.5 Å². The first-order valence-corrected chi connectivity index (χ1v) is 22.2. The van der Waals surface area contributed by atoms with Crippen LogP contribution in [0.2, 0.25) is 0 Å². The molecule has 2 aliphatic rings. The monoisotopic (exact) mass is 847 g/mol. The number of hydrogen-bond donors (Lipinski definition) is 0. The minimum Gasteiger partial charge on any atom is -0.467 e. The molecule has 2 saturated heterocycles. The van der Waals surface area contributed by atoms with Crippen LogP contribution in [0.4, 0.5) is 0 Å². The zero-order valence-electron chi connectivity index (χ0n) is 36.0. The number of nitrogens with zero attached hydrogens (tertiary/aromatic N) is 7. The van der Waals surface area contributed by atoms with Crippen LogP contribution in [-0.4, -0.2) is 60.5 Å². The Balaban J connectivity index is 1.03. The third-order valence-corrected chi connectivity index (χ3v) is 13.0. The summed E-state index contributed by atoms with van der Waals surface area (Å²) < 4.78 is 9.05. The van der Waals surface area contributed by atoms with Gasteiger partial charge in [0, 0.05) is 31.0 Å². The van der Waals surface area contributed by atoms with E-state index in [4.69, 9.17) is 24.9 Å². The summed E-state index contributed by atoms with van der Waals surface area (Å²) in [6, 6.07) is 53.3. The summed E-state index contributed by atoms with van der Waals surface area (Å²) in [5, 5.41) is 16.2. The van der Waals surface area contributed by atoms with Crippen molar-refractivity contribution < 1.29 is 14.4 Å². The topological polar surface area (TPSA) is 117 Å². The molecule has 64 heavy (non-hydrogen) atoms. The fourth-order valence-electron chi connectivity index (χ4n) is 9.87. The number of hydroxylamine groups is 2. The zero-order chi connectivity index (χ0) is 43.7. The van der Waals surface area contributed by atoms with Gasteiger partial charge >= 0.3 is 5.97 Å². The number of tetrazole rings is 1. The first-order valence-electron chi connectivity index (χ1n) is 22.2. The fourth-order valence-corrected chi connectivity index (χ4v) is 9.87. The molecule has 0 radical (unpaired) electrons. The van der Waals surface area contributed by atoms with Crippen molar-refractivity contribution >= 4 is 16.9 Å². The molecule has 11 heteroatoms. The number of rotatable bonds is 13. The number of methoxy groups -OCH3 is 1. The third-order valence-electron chi connectivity index (χ3n) is 13.0. The van der Waals surface area contributed by atoms with Crippen LogP contribution in [0.5, 0.6) is 0 Å². The summed E-state index contributed by atoms with van der Waals surface area (Å²) in [5.74, 6) is 0.880. The Morgan fingerprint density at radius 3 is 2.08 bits per heavy atom. The summed E-state index contributed by atoms with van der Waals surface area (Å²) in [5.41, 5.74) is 5.65. The molecule has 4 heterocycles. The van der Waals surface area contributed by atoms with E-state index in [9.17, 15) is 9.59 Å². The molecule has 2 aliphatic heterocycles. The quantitative estimate of drug-likeness (QED) is 0.0828. The Kier molecular flexibility index (Phi) is 11.0. The Hall–Kier alpha value is -7.08. The predicted octanol–water partition coefficient (Wildman–Crippen LogP) is 9.12. The third kappa shape index (κ3) is 7.01. The van der Waals surface area contributed by atoms with E-state index in [1.54, 1.807) is 10.6 Å². The minimum atomic E-state index is -1.31. The highest BCUT2D eigenvalue weighted by atomic mass is 16.7. The van der Waals surface area contributed by atoms with E-state index in [0.29, 0.717) is 41.7 Å². The van der Waals surface area contributed by atoms with Crippen LogP contribution in [0.3, 0.4) is 0 Å². The molecule has 10 rings (SSSR count). The Bertz CT molecular complexity index is 2880. The number of aryl methyl sites for hydroxylation is 1. The highest BCUT2D eigenvalue weighted by Gasteiger charge is 2.55. The van der Waals surface area contributed by atoms with Crippen LogP contribution in [0.15, 0.2) is 163 Å². The van der Waals surface area contributed by atoms with Gasteiger partial charge in [0.05, 0.1) is 24.6 Å². The van der Waals surface area contributed by atoms with Gasteiger partial charge in [-0.1, -0.05) is 159 Å². The number of esters is 1. The van der Waals surface area contributed by atoms with E-state index in [-0.39, 0.29) is 11.6 Å². The second-order valence-corrected chi connectivity index (χ2v) is 16.8. The zero-order valence-corrected chi connectivity index (χ0v) is 36.0. The van der Waals surface area contributed by atoms with Gasteiger partial charge < -0.3 is 4.74 Å². The van der Waals surface area contributed by atoms with Crippen LogP contribution in [-0.2, 0) is 38.5 Å². The smallest absolute Gasteiger partial charge is 0.345 e. The van der Waals surface area contributed by atoms with Crippen molar-refractivity contribution in [2.45, 2.75) is 69.2 Å². The minimum absolute atomic E-state index is 0.123. The predicted molar refractivity (Wildman–Crippen MR) is 246 cm³/mol. The molecular formula is C53H49N7O4. The molecule has 8 aromatic rings. The van der Waals surface area contributed by atoms with Crippen molar-refractivity contribution in [2.75, 3.05) is 13.7 Å². The molecule has 320 valence electrons. The lowest BCUT2D eigenvalue weighted by Gasteiger charge is -2.36. The standard InChI is InChI=1S/C53H49N7O4/c1-3-4-26-48-54-47-32-31-42(52(51(62)63-2)35-43-23-16-33-59(43)64-52)34-46(47)50(61)58(48)36-37-27-29-38(30-28-37)44-24-14-15-25-45(44)49-55-56-57-60(49)53(39-17-8-5-9-18-39,40-19-10-6-11-20-40)41-21-12-7-13-22-41/h5-15,17-22,24-25,27-32,34,43H,3-4,16,23,26,33,35-36H2,1-2H3/t43-,52+/m1/s1. The molecule has 11 nitrogen and oxygen atoms in total. The maximum atomic E-state index is 14.6. The number of ether oxygens (including phenoxy) is 1. The normalized spacial score (nSPS) is 17.4. The fraction of sp³-hybridized carbons (Fsp3) is 0.245. The number of carbonyl (C=O) groups is 1. The lowest BCUT2D eigenvalue weighted by molar-refractivity contribution is -0.216. The Labute approximate surface area is 371 Å². The maximum Gasteiger partial charge on any atom is 0.345 e. The van der Waals surface area contributed by atoms with E-state index < -0.39 is 17.1 Å². The highest BCUT2D eigenvalue weighted by molar-refractivity contribution is 5.86. The number of carbonyl (C=O) groups excluding carboxylic acids is 1. The van der Waals surface area contributed by atoms with Crippen LogP contribution < -0.4 is 5.56 Å². The molecule has 2 fully saturated rings. The van der Waals surface area contributed by atoms with Gasteiger partial charge in [-0.25, -0.2) is 14.5 Å². The highest BCUT2D eigenvalue weighted by Crippen LogP contribution is 2.46. The van der Waals surface area contributed by atoms with Gasteiger partial charge in [0.1, 0.15) is 11.4 Å². The van der Waals surface area contributed by atoms with Crippen LogP contribution >= 0.6 is 0 Å². The van der Waals surface area contributed by atoms with Gasteiger partial charge in [-0.15, -0.1) is 5.10 Å². The summed E-state index contributed by atoms with van der Waals surface area (Å²) in [4.78, 5) is 39.5. The van der Waals surface area contributed by atoms with Gasteiger partial charge in [0.25, 0.3) is 5.56 Å². The SMILES string of the molecule is CCCCc1nc2ccc([C@]3(C(=O)OC)C[C@H]4CCCN4O3)cc2c(=O)n1Cc1ccc(-c2ccccc2-c2nnnn2C(c2ccccc2)(c2ccccc2)c2ccccc2)cc1.